The first-order valence-electron chi connectivity index (χ1n) is 10.2. The van der Waals surface area contributed by atoms with Gasteiger partial charge in [-0.15, -0.1) is 0 Å². The second-order valence-electron chi connectivity index (χ2n) is 7.48. The molecule has 0 bridgehead atoms. The number of hydrogen-bond acceptors (Lipinski definition) is 6. The van der Waals surface area contributed by atoms with E-state index in [4.69, 9.17) is 4.74 Å². The minimum Gasteiger partial charge on any atom is -0.455 e. The second kappa shape index (κ2) is 9.57. The Labute approximate surface area is 176 Å². The first-order valence-corrected chi connectivity index (χ1v) is 11.6. The Morgan fingerprint density at radius 3 is 2.53 bits per heavy atom. The molecule has 0 spiro atoms. The predicted molar refractivity (Wildman–Crippen MR) is 108 cm³/mol. The standard InChI is InChI=1S/C20H27N3O6S/c1-2-21-20(26)22-18(24)13-29-19(25)15-8-10-23(11-9-15)30(27,28)17-7-6-14-4-3-5-16(14)12-17/h6-7,12,15H,2-5,8-11,13H2,1H3,(H2,21,22,24,26). The van der Waals surface area contributed by atoms with Gasteiger partial charge >= 0.3 is 12.0 Å². The molecule has 1 aromatic rings. The number of rotatable bonds is 6. The summed E-state index contributed by atoms with van der Waals surface area (Å²) in [6.45, 7) is 1.95. The topological polar surface area (TPSA) is 122 Å². The van der Waals surface area contributed by atoms with Crippen LogP contribution in [0, 0.1) is 5.92 Å². The number of amides is 3. The molecule has 3 amide bonds. The molecule has 1 aromatic carbocycles. The highest BCUT2D eigenvalue weighted by atomic mass is 32.2. The van der Waals surface area contributed by atoms with Crippen LogP contribution in [0.25, 0.3) is 0 Å². The number of benzene rings is 1. The third kappa shape index (κ3) is 5.17. The maximum absolute atomic E-state index is 13.0. The van der Waals surface area contributed by atoms with Crippen molar-refractivity contribution in [2.24, 2.45) is 5.92 Å². The molecule has 0 saturated carbocycles. The van der Waals surface area contributed by atoms with Crippen molar-refractivity contribution in [3.63, 3.8) is 0 Å². The Morgan fingerprint density at radius 1 is 1.13 bits per heavy atom. The van der Waals surface area contributed by atoms with E-state index in [0.717, 1.165) is 24.8 Å². The van der Waals surface area contributed by atoms with Crippen LogP contribution in [0.1, 0.15) is 37.3 Å². The average molecular weight is 438 g/mol. The monoisotopic (exact) mass is 437 g/mol. The molecule has 10 heteroatoms. The van der Waals surface area contributed by atoms with Gasteiger partial charge in [-0.1, -0.05) is 6.07 Å². The maximum atomic E-state index is 13.0. The smallest absolute Gasteiger partial charge is 0.321 e. The zero-order valence-corrected chi connectivity index (χ0v) is 17.8. The summed E-state index contributed by atoms with van der Waals surface area (Å²) >= 11 is 0. The molecule has 0 aromatic heterocycles. The first kappa shape index (κ1) is 22.2. The van der Waals surface area contributed by atoms with Gasteiger partial charge in [0.2, 0.25) is 10.0 Å². The number of hydrogen-bond donors (Lipinski definition) is 2. The fourth-order valence-electron chi connectivity index (χ4n) is 3.81. The average Bonchev–Trinajstić information content (AvgIpc) is 3.20. The summed E-state index contributed by atoms with van der Waals surface area (Å²) < 4.78 is 32.3. The van der Waals surface area contributed by atoms with Gasteiger partial charge in [0, 0.05) is 19.6 Å². The maximum Gasteiger partial charge on any atom is 0.321 e. The van der Waals surface area contributed by atoms with Crippen molar-refractivity contribution in [3.8, 4) is 0 Å². The van der Waals surface area contributed by atoms with Crippen molar-refractivity contribution >= 4 is 27.9 Å². The first-order chi connectivity index (χ1) is 14.3. The molecule has 1 saturated heterocycles. The number of ether oxygens (including phenoxy) is 1. The van der Waals surface area contributed by atoms with Gasteiger partial charge in [0.1, 0.15) is 0 Å². The summed E-state index contributed by atoms with van der Waals surface area (Å²) in [6, 6.07) is 4.67. The zero-order chi connectivity index (χ0) is 21.7. The van der Waals surface area contributed by atoms with E-state index in [1.165, 1.54) is 9.87 Å². The van der Waals surface area contributed by atoms with E-state index in [1.54, 1.807) is 19.1 Å². The molecular formula is C20H27N3O6S. The van der Waals surface area contributed by atoms with Crippen LogP contribution in [-0.2, 0) is 37.2 Å². The van der Waals surface area contributed by atoms with Gasteiger partial charge in [0.15, 0.2) is 6.61 Å². The van der Waals surface area contributed by atoms with Crippen LogP contribution in [0.2, 0.25) is 0 Å². The minimum absolute atomic E-state index is 0.213. The molecule has 1 heterocycles. The molecule has 9 nitrogen and oxygen atoms in total. The summed E-state index contributed by atoms with van der Waals surface area (Å²) in [5.41, 5.74) is 2.31. The third-order valence-electron chi connectivity index (χ3n) is 5.43. The number of carbonyl (C=O) groups excluding carboxylic acids is 3. The fourth-order valence-corrected chi connectivity index (χ4v) is 5.33. The molecule has 30 heavy (non-hydrogen) atoms. The van der Waals surface area contributed by atoms with Crippen LogP contribution in [0.5, 0.6) is 0 Å². The number of urea groups is 1. The Hall–Kier alpha value is -2.46. The lowest BCUT2D eigenvalue weighted by molar-refractivity contribution is -0.153. The van der Waals surface area contributed by atoms with E-state index in [0.29, 0.717) is 24.3 Å². The third-order valence-corrected chi connectivity index (χ3v) is 7.33. The highest BCUT2D eigenvalue weighted by Crippen LogP contribution is 2.28. The van der Waals surface area contributed by atoms with Crippen LogP contribution in [0.15, 0.2) is 23.1 Å². The molecule has 164 valence electrons. The molecule has 3 rings (SSSR count). The summed E-state index contributed by atoms with van der Waals surface area (Å²) in [5, 5.41) is 4.45. The van der Waals surface area contributed by atoms with Crippen molar-refractivity contribution in [1.29, 1.82) is 0 Å². The lowest BCUT2D eigenvalue weighted by Crippen LogP contribution is -2.43. The number of sulfonamides is 1. The van der Waals surface area contributed by atoms with Gasteiger partial charge in [-0.2, -0.15) is 4.31 Å². The van der Waals surface area contributed by atoms with Gasteiger partial charge in [-0.25, -0.2) is 13.2 Å². The van der Waals surface area contributed by atoms with E-state index in [1.807, 2.05) is 11.4 Å². The lowest BCUT2D eigenvalue weighted by atomic mass is 9.98. The molecule has 0 atom stereocenters. The predicted octanol–water partition coefficient (Wildman–Crippen LogP) is 0.965. The molecule has 2 aliphatic rings. The van der Waals surface area contributed by atoms with Crippen LogP contribution < -0.4 is 10.6 Å². The van der Waals surface area contributed by atoms with E-state index >= 15 is 0 Å². The van der Waals surface area contributed by atoms with Crippen molar-refractivity contribution in [3.05, 3.63) is 29.3 Å². The van der Waals surface area contributed by atoms with E-state index < -0.39 is 40.5 Å². The van der Waals surface area contributed by atoms with Crippen LogP contribution >= 0.6 is 0 Å². The molecule has 0 radical (unpaired) electrons. The van der Waals surface area contributed by atoms with Crippen molar-refractivity contribution < 1.29 is 27.5 Å². The van der Waals surface area contributed by atoms with Gasteiger partial charge in [0.25, 0.3) is 5.91 Å². The van der Waals surface area contributed by atoms with Crippen LogP contribution in [0.4, 0.5) is 4.79 Å². The van der Waals surface area contributed by atoms with Crippen LogP contribution in [0.3, 0.4) is 0 Å². The molecule has 1 aliphatic carbocycles. The van der Waals surface area contributed by atoms with Crippen LogP contribution in [-0.4, -0.2) is 56.9 Å². The number of imide groups is 1. The summed E-state index contributed by atoms with van der Waals surface area (Å²) in [6.07, 6.45) is 3.58. The fraction of sp³-hybridized carbons (Fsp3) is 0.550. The number of esters is 1. The second-order valence-corrected chi connectivity index (χ2v) is 9.42. The Morgan fingerprint density at radius 2 is 1.83 bits per heavy atom. The Bertz CT molecular complexity index is 922. The van der Waals surface area contributed by atoms with Crippen molar-refractivity contribution in [2.75, 3.05) is 26.2 Å². The zero-order valence-electron chi connectivity index (χ0n) is 17.0. The normalized spacial score (nSPS) is 17.2. The summed E-state index contributed by atoms with van der Waals surface area (Å²) in [5.74, 6) is -1.75. The number of aryl methyl sites for hydroxylation is 2. The van der Waals surface area contributed by atoms with E-state index in [2.05, 4.69) is 5.32 Å². The molecule has 2 N–H and O–H groups in total. The Balaban J connectivity index is 1.50. The van der Waals surface area contributed by atoms with E-state index in [9.17, 15) is 22.8 Å². The highest BCUT2D eigenvalue weighted by molar-refractivity contribution is 7.89. The molecule has 1 aliphatic heterocycles. The quantitative estimate of drug-likeness (QED) is 0.640. The molecule has 1 fully saturated rings. The number of piperidine rings is 1. The van der Waals surface area contributed by atoms with E-state index in [-0.39, 0.29) is 13.1 Å². The van der Waals surface area contributed by atoms with Gasteiger partial charge in [-0.3, -0.25) is 14.9 Å². The number of nitrogens with one attached hydrogen (secondary N) is 2. The van der Waals surface area contributed by atoms with Crippen molar-refractivity contribution in [1.82, 2.24) is 14.9 Å². The minimum atomic E-state index is -3.60. The molecule has 0 unspecified atom stereocenters. The number of fused-ring (bicyclic) bond motifs is 1. The highest BCUT2D eigenvalue weighted by Gasteiger charge is 2.33. The molecular weight excluding hydrogens is 410 g/mol. The summed E-state index contributed by atoms with van der Waals surface area (Å²) in [7, 11) is -3.60. The van der Waals surface area contributed by atoms with Gasteiger partial charge < -0.3 is 10.1 Å². The lowest BCUT2D eigenvalue weighted by Gasteiger charge is -2.30. The Kier molecular flexibility index (Phi) is 7.09. The van der Waals surface area contributed by atoms with Crippen molar-refractivity contribution in [2.45, 2.75) is 43.9 Å². The van der Waals surface area contributed by atoms with Gasteiger partial charge in [0.05, 0.1) is 10.8 Å². The van der Waals surface area contributed by atoms with Gasteiger partial charge in [-0.05, 0) is 62.3 Å². The number of nitrogens with zero attached hydrogens (tertiary/aromatic N) is 1. The SMILES string of the molecule is CCNC(=O)NC(=O)COC(=O)C1CCN(S(=O)(=O)c2ccc3c(c2)CCC3)CC1. The largest absolute Gasteiger partial charge is 0.455 e. The number of carbonyl (C=O) groups is 3. The summed E-state index contributed by atoms with van der Waals surface area (Å²) in [4.78, 5) is 35.4.